The molecular formula is C15H11FN2O2. The van der Waals surface area contributed by atoms with Gasteiger partial charge in [-0.25, -0.2) is 9.18 Å². The van der Waals surface area contributed by atoms with Gasteiger partial charge in [0, 0.05) is 0 Å². The summed E-state index contributed by atoms with van der Waals surface area (Å²) >= 11 is 0. The predicted octanol–water partition coefficient (Wildman–Crippen LogP) is 2.64. The molecule has 0 saturated heterocycles. The monoisotopic (exact) mass is 270 g/mol. The molecule has 5 heteroatoms. The average Bonchev–Trinajstić information content (AvgIpc) is 2.48. The van der Waals surface area contributed by atoms with Gasteiger partial charge in [-0.05, 0) is 35.9 Å². The van der Waals surface area contributed by atoms with Crippen LogP contribution >= 0.6 is 0 Å². The van der Waals surface area contributed by atoms with E-state index in [1.165, 1.54) is 12.1 Å². The number of nitrogen functional groups attached to an aromatic ring is 1. The maximum Gasteiger partial charge on any atom is 0.338 e. The molecule has 0 aliphatic heterocycles. The summed E-state index contributed by atoms with van der Waals surface area (Å²) in [4.78, 5) is 11.8. The third kappa shape index (κ3) is 3.12. The number of halogens is 1. The van der Waals surface area contributed by atoms with Crippen molar-refractivity contribution >= 4 is 11.7 Å². The van der Waals surface area contributed by atoms with Gasteiger partial charge in [0.2, 0.25) is 0 Å². The zero-order chi connectivity index (χ0) is 14.5. The van der Waals surface area contributed by atoms with Gasteiger partial charge in [0.15, 0.2) is 0 Å². The lowest BCUT2D eigenvalue weighted by Gasteiger charge is -2.06. The van der Waals surface area contributed by atoms with E-state index in [0.29, 0.717) is 5.56 Å². The van der Waals surface area contributed by atoms with Gasteiger partial charge in [0.1, 0.15) is 12.4 Å². The van der Waals surface area contributed by atoms with E-state index in [1.54, 1.807) is 24.3 Å². The Balaban J connectivity index is 2.01. The lowest BCUT2D eigenvalue weighted by molar-refractivity contribution is 0.0472. The van der Waals surface area contributed by atoms with E-state index in [2.05, 4.69) is 0 Å². The quantitative estimate of drug-likeness (QED) is 0.687. The van der Waals surface area contributed by atoms with Crippen molar-refractivity contribution in [2.45, 2.75) is 6.61 Å². The number of ether oxygens (including phenoxy) is 1. The third-order valence-electron chi connectivity index (χ3n) is 2.68. The Morgan fingerprint density at radius 3 is 2.55 bits per heavy atom. The molecule has 2 aromatic rings. The summed E-state index contributed by atoms with van der Waals surface area (Å²) in [6.07, 6.45) is 0. The molecule has 0 amide bonds. The Kier molecular flexibility index (Phi) is 3.96. The van der Waals surface area contributed by atoms with E-state index in [1.807, 2.05) is 6.07 Å². The number of rotatable bonds is 3. The first-order valence-electron chi connectivity index (χ1n) is 5.81. The van der Waals surface area contributed by atoms with Gasteiger partial charge in [-0.2, -0.15) is 5.26 Å². The van der Waals surface area contributed by atoms with Gasteiger partial charge in [-0.15, -0.1) is 0 Å². The molecule has 0 atom stereocenters. The smallest absolute Gasteiger partial charge is 0.338 e. The minimum absolute atomic E-state index is 0.0713. The molecule has 100 valence electrons. The Labute approximate surface area is 115 Å². The fourth-order valence-corrected chi connectivity index (χ4v) is 1.58. The Morgan fingerprint density at radius 1 is 1.25 bits per heavy atom. The highest BCUT2D eigenvalue weighted by atomic mass is 19.1. The fourth-order valence-electron chi connectivity index (χ4n) is 1.58. The fraction of sp³-hybridized carbons (Fsp3) is 0.0667. The first-order chi connectivity index (χ1) is 9.60. The van der Waals surface area contributed by atoms with Crippen molar-refractivity contribution < 1.29 is 13.9 Å². The summed E-state index contributed by atoms with van der Waals surface area (Å²) in [7, 11) is 0. The van der Waals surface area contributed by atoms with Crippen molar-refractivity contribution in [2.24, 2.45) is 0 Å². The molecule has 0 aromatic heterocycles. The van der Waals surface area contributed by atoms with Crippen molar-refractivity contribution in [3.63, 3.8) is 0 Å². The summed E-state index contributed by atoms with van der Waals surface area (Å²) in [5, 5.41) is 8.67. The molecule has 0 aliphatic rings. The second-order valence-corrected chi connectivity index (χ2v) is 4.12. The molecule has 2 aromatic carbocycles. The summed E-state index contributed by atoms with van der Waals surface area (Å²) in [5.74, 6) is -1.16. The second kappa shape index (κ2) is 5.85. The molecule has 4 nitrogen and oxygen atoms in total. The molecule has 0 fully saturated rings. The largest absolute Gasteiger partial charge is 0.457 e. The van der Waals surface area contributed by atoms with E-state index < -0.39 is 11.8 Å². The van der Waals surface area contributed by atoms with Crippen LogP contribution in [-0.2, 0) is 11.3 Å². The molecule has 0 unspecified atom stereocenters. The minimum Gasteiger partial charge on any atom is -0.457 e. The molecule has 20 heavy (non-hydrogen) atoms. The van der Waals surface area contributed by atoms with Gasteiger partial charge >= 0.3 is 5.97 Å². The van der Waals surface area contributed by atoms with E-state index in [-0.39, 0.29) is 17.9 Å². The van der Waals surface area contributed by atoms with Crippen molar-refractivity contribution in [2.75, 3.05) is 5.73 Å². The van der Waals surface area contributed by atoms with Crippen LogP contribution < -0.4 is 5.73 Å². The number of hydrogen-bond acceptors (Lipinski definition) is 4. The highest BCUT2D eigenvalue weighted by Gasteiger charge is 2.09. The average molecular weight is 270 g/mol. The lowest BCUT2D eigenvalue weighted by Crippen LogP contribution is -2.06. The number of anilines is 1. The number of carbonyl (C=O) groups is 1. The standard InChI is InChI=1S/C15H11FN2O2/c16-13-6-5-12(7-14(13)18)15(19)20-9-11-3-1-10(8-17)2-4-11/h1-7H,9,18H2. The summed E-state index contributed by atoms with van der Waals surface area (Å²) < 4.78 is 18.1. The molecule has 0 aliphatic carbocycles. The lowest BCUT2D eigenvalue weighted by atomic mass is 10.1. The number of esters is 1. The summed E-state index contributed by atoms with van der Waals surface area (Å²) in [6, 6.07) is 12.3. The zero-order valence-corrected chi connectivity index (χ0v) is 10.5. The number of hydrogen-bond donors (Lipinski definition) is 1. The van der Waals surface area contributed by atoms with Gasteiger partial charge in [0.05, 0.1) is 22.9 Å². The summed E-state index contributed by atoms with van der Waals surface area (Å²) in [6.45, 7) is 0.0713. The van der Waals surface area contributed by atoms with Crippen LogP contribution in [0.1, 0.15) is 21.5 Å². The summed E-state index contributed by atoms with van der Waals surface area (Å²) in [5.41, 5.74) is 6.77. The van der Waals surface area contributed by atoms with E-state index in [9.17, 15) is 9.18 Å². The zero-order valence-electron chi connectivity index (χ0n) is 10.5. The first-order valence-corrected chi connectivity index (χ1v) is 5.81. The van der Waals surface area contributed by atoms with Crippen LogP contribution in [-0.4, -0.2) is 5.97 Å². The molecule has 0 spiro atoms. The molecule has 2 rings (SSSR count). The second-order valence-electron chi connectivity index (χ2n) is 4.12. The Hall–Kier alpha value is -2.87. The van der Waals surface area contributed by atoms with Gasteiger partial charge in [-0.3, -0.25) is 0 Å². The molecule has 0 bridgehead atoms. The van der Waals surface area contributed by atoms with Gasteiger partial charge in [0.25, 0.3) is 0 Å². The predicted molar refractivity (Wildman–Crippen MR) is 71.1 cm³/mol. The number of carbonyl (C=O) groups excluding carboxylic acids is 1. The topological polar surface area (TPSA) is 76.1 Å². The minimum atomic E-state index is -0.582. The number of benzene rings is 2. The van der Waals surface area contributed by atoms with Crippen molar-refractivity contribution in [1.82, 2.24) is 0 Å². The van der Waals surface area contributed by atoms with Crippen LogP contribution in [0.25, 0.3) is 0 Å². The van der Waals surface area contributed by atoms with E-state index >= 15 is 0 Å². The van der Waals surface area contributed by atoms with Crippen LogP contribution in [0.2, 0.25) is 0 Å². The first kappa shape index (κ1) is 13.6. The maximum atomic E-state index is 13.0. The number of nitriles is 1. The Morgan fingerprint density at radius 2 is 1.95 bits per heavy atom. The van der Waals surface area contributed by atoms with Crippen LogP contribution in [0.3, 0.4) is 0 Å². The van der Waals surface area contributed by atoms with Crippen LogP contribution in [0.4, 0.5) is 10.1 Å². The maximum absolute atomic E-state index is 13.0. The number of nitrogens with two attached hydrogens (primary N) is 1. The molecule has 0 heterocycles. The highest BCUT2D eigenvalue weighted by Crippen LogP contribution is 2.14. The highest BCUT2D eigenvalue weighted by molar-refractivity contribution is 5.90. The molecule has 0 saturated carbocycles. The van der Waals surface area contributed by atoms with Crippen LogP contribution in [0.15, 0.2) is 42.5 Å². The van der Waals surface area contributed by atoms with Crippen molar-refractivity contribution in [3.8, 4) is 6.07 Å². The van der Waals surface area contributed by atoms with Crippen LogP contribution in [0.5, 0.6) is 0 Å². The van der Waals surface area contributed by atoms with E-state index in [4.69, 9.17) is 15.7 Å². The molecule has 0 radical (unpaired) electrons. The van der Waals surface area contributed by atoms with Crippen molar-refractivity contribution in [1.29, 1.82) is 5.26 Å². The van der Waals surface area contributed by atoms with Gasteiger partial charge < -0.3 is 10.5 Å². The van der Waals surface area contributed by atoms with E-state index in [0.717, 1.165) is 11.6 Å². The van der Waals surface area contributed by atoms with Gasteiger partial charge in [-0.1, -0.05) is 12.1 Å². The number of nitrogens with zero attached hydrogens (tertiary/aromatic N) is 1. The van der Waals surface area contributed by atoms with Crippen LogP contribution in [0, 0.1) is 17.1 Å². The SMILES string of the molecule is N#Cc1ccc(COC(=O)c2ccc(F)c(N)c2)cc1. The van der Waals surface area contributed by atoms with Crippen molar-refractivity contribution in [3.05, 3.63) is 65.0 Å². The Bertz CT molecular complexity index is 675. The molecular weight excluding hydrogens is 259 g/mol. The third-order valence-corrected chi connectivity index (χ3v) is 2.68. The molecule has 2 N–H and O–H groups in total. The normalized spacial score (nSPS) is 9.80.